The van der Waals surface area contributed by atoms with E-state index in [9.17, 15) is 4.79 Å². The molecule has 1 aliphatic rings. The predicted octanol–water partition coefficient (Wildman–Crippen LogP) is 1.50. The van der Waals surface area contributed by atoms with E-state index >= 15 is 0 Å². The molecule has 0 saturated carbocycles. The molecule has 1 aliphatic heterocycles. The Kier molecular flexibility index (Phi) is 8.86. The number of nitrogens with zero attached hydrogens (tertiary/aromatic N) is 1. The zero-order valence-corrected chi connectivity index (χ0v) is 11.6. The number of amides is 1. The van der Waals surface area contributed by atoms with Gasteiger partial charge in [0, 0.05) is 19.5 Å². The van der Waals surface area contributed by atoms with Gasteiger partial charge in [0.05, 0.1) is 0 Å². The van der Waals surface area contributed by atoms with Gasteiger partial charge in [-0.25, -0.2) is 0 Å². The molecule has 0 spiro atoms. The van der Waals surface area contributed by atoms with Gasteiger partial charge in [0.1, 0.15) is 0 Å². The largest absolute Gasteiger partial charge is 0.355 e. The molecule has 0 aliphatic carbocycles. The second-order valence-corrected chi connectivity index (χ2v) is 5.21. The number of carbonyl (C=O) groups excluding carboxylic acids is 1. The minimum Gasteiger partial charge on any atom is -0.355 e. The Hall–Kier alpha value is -0.610. The Morgan fingerprint density at radius 1 is 1.06 bits per heavy atom. The lowest BCUT2D eigenvalue weighted by molar-refractivity contribution is -0.121. The highest BCUT2D eigenvalue weighted by Crippen LogP contribution is 2.08. The van der Waals surface area contributed by atoms with E-state index in [1.165, 1.54) is 38.8 Å². The Bertz CT molecular complexity index is 213. The molecule has 106 valence electrons. The van der Waals surface area contributed by atoms with E-state index in [0.717, 1.165) is 38.9 Å². The third kappa shape index (κ3) is 7.67. The van der Waals surface area contributed by atoms with E-state index in [1.54, 1.807) is 0 Å². The molecule has 0 aromatic carbocycles. The van der Waals surface area contributed by atoms with Crippen LogP contribution in [-0.2, 0) is 4.79 Å². The first kappa shape index (κ1) is 15.4. The normalized spacial score (nSPS) is 17.4. The lowest BCUT2D eigenvalue weighted by Crippen LogP contribution is -2.35. The van der Waals surface area contributed by atoms with Gasteiger partial charge in [-0.2, -0.15) is 0 Å². The average molecular weight is 255 g/mol. The Morgan fingerprint density at radius 3 is 2.44 bits per heavy atom. The van der Waals surface area contributed by atoms with Crippen molar-refractivity contribution in [3.05, 3.63) is 0 Å². The fraction of sp³-hybridized carbons (Fsp3) is 0.929. The summed E-state index contributed by atoms with van der Waals surface area (Å²) < 4.78 is 0. The molecule has 0 aromatic rings. The Morgan fingerprint density at radius 2 is 1.78 bits per heavy atom. The van der Waals surface area contributed by atoms with Crippen LogP contribution in [0.25, 0.3) is 0 Å². The van der Waals surface area contributed by atoms with Crippen LogP contribution in [0.1, 0.15) is 51.4 Å². The summed E-state index contributed by atoms with van der Waals surface area (Å²) in [5.41, 5.74) is 5.41. The van der Waals surface area contributed by atoms with Crippen molar-refractivity contribution in [2.75, 3.05) is 32.7 Å². The Labute approximate surface area is 111 Å². The zero-order valence-electron chi connectivity index (χ0n) is 11.6. The third-order valence-electron chi connectivity index (χ3n) is 3.56. The molecular formula is C14H29N3O. The summed E-state index contributed by atoms with van der Waals surface area (Å²) in [6, 6.07) is 0. The van der Waals surface area contributed by atoms with Crippen molar-refractivity contribution >= 4 is 5.91 Å². The molecule has 3 N–H and O–H groups in total. The summed E-state index contributed by atoms with van der Waals surface area (Å²) in [6.45, 7) is 4.94. The maximum atomic E-state index is 11.6. The molecule has 0 unspecified atom stereocenters. The highest BCUT2D eigenvalue weighted by atomic mass is 16.1. The Balaban J connectivity index is 1.97. The van der Waals surface area contributed by atoms with Crippen molar-refractivity contribution in [3.8, 4) is 0 Å². The number of rotatable bonds is 8. The first-order valence-electron chi connectivity index (χ1n) is 7.52. The van der Waals surface area contributed by atoms with Gasteiger partial charge in [-0.1, -0.05) is 19.3 Å². The smallest absolute Gasteiger partial charge is 0.220 e. The number of hydrogen-bond donors (Lipinski definition) is 2. The van der Waals surface area contributed by atoms with Crippen molar-refractivity contribution < 1.29 is 4.79 Å². The fourth-order valence-corrected chi connectivity index (χ4v) is 2.41. The quantitative estimate of drug-likeness (QED) is 0.646. The predicted molar refractivity (Wildman–Crippen MR) is 75.4 cm³/mol. The summed E-state index contributed by atoms with van der Waals surface area (Å²) in [4.78, 5) is 14.0. The number of nitrogens with one attached hydrogen (secondary N) is 1. The van der Waals surface area contributed by atoms with Crippen molar-refractivity contribution in [1.82, 2.24) is 10.2 Å². The van der Waals surface area contributed by atoms with Gasteiger partial charge < -0.3 is 16.0 Å². The summed E-state index contributed by atoms with van der Waals surface area (Å²) >= 11 is 0. The molecule has 4 nitrogen and oxygen atoms in total. The fourth-order valence-electron chi connectivity index (χ4n) is 2.41. The van der Waals surface area contributed by atoms with Crippen molar-refractivity contribution in [1.29, 1.82) is 0 Å². The van der Waals surface area contributed by atoms with Gasteiger partial charge in [0.25, 0.3) is 0 Å². The van der Waals surface area contributed by atoms with Crippen LogP contribution < -0.4 is 11.1 Å². The molecule has 1 heterocycles. The summed E-state index contributed by atoms with van der Waals surface area (Å²) in [5, 5.41) is 3.02. The van der Waals surface area contributed by atoms with Crippen LogP contribution in [0.3, 0.4) is 0 Å². The van der Waals surface area contributed by atoms with Crippen LogP contribution >= 0.6 is 0 Å². The zero-order chi connectivity index (χ0) is 13.1. The van der Waals surface area contributed by atoms with Gasteiger partial charge in [-0.05, 0) is 45.3 Å². The van der Waals surface area contributed by atoms with Gasteiger partial charge in [0.2, 0.25) is 5.91 Å². The number of carbonyl (C=O) groups is 1. The summed E-state index contributed by atoms with van der Waals surface area (Å²) in [5.74, 6) is 0.196. The number of nitrogens with two attached hydrogens (primary N) is 1. The average Bonchev–Trinajstić information content (AvgIpc) is 2.63. The minimum atomic E-state index is 0.196. The van der Waals surface area contributed by atoms with Gasteiger partial charge in [-0.15, -0.1) is 0 Å². The molecule has 0 atom stereocenters. The van der Waals surface area contributed by atoms with E-state index in [0.29, 0.717) is 6.42 Å². The SMILES string of the molecule is NCCCCCC(=O)NCCN1CCCCCC1. The summed E-state index contributed by atoms with van der Waals surface area (Å²) in [7, 11) is 0. The number of likely N-dealkylation sites (tertiary alicyclic amines) is 1. The van der Waals surface area contributed by atoms with Crippen molar-refractivity contribution in [2.24, 2.45) is 5.73 Å². The second-order valence-electron chi connectivity index (χ2n) is 5.21. The maximum absolute atomic E-state index is 11.6. The van der Waals surface area contributed by atoms with Crippen LogP contribution in [0.5, 0.6) is 0 Å². The van der Waals surface area contributed by atoms with E-state index in [-0.39, 0.29) is 5.91 Å². The minimum absolute atomic E-state index is 0.196. The van der Waals surface area contributed by atoms with Gasteiger partial charge in [0.15, 0.2) is 0 Å². The molecule has 1 rings (SSSR count). The van der Waals surface area contributed by atoms with Crippen LogP contribution in [0.4, 0.5) is 0 Å². The van der Waals surface area contributed by atoms with Crippen LogP contribution in [0.2, 0.25) is 0 Å². The molecule has 0 aromatic heterocycles. The third-order valence-corrected chi connectivity index (χ3v) is 3.56. The topological polar surface area (TPSA) is 58.4 Å². The van der Waals surface area contributed by atoms with Crippen LogP contribution in [-0.4, -0.2) is 43.5 Å². The molecule has 1 fully saturated rings. The van der Waals surface area contributed by atoms with Crippen LogP contribution in [0, 0.1) is 0 Å². The standard InChI is InChI=1S/C14H29N3O/c15-9-5-3-4-8-14(18)16-10-13-17-11-6-1-2-7-12-17/h1-13,15H2,(H,16,18). The molecule has 1 amide bonds. The number of hydrogen-bond acceptors (Lipinski definition) is 3. The molecule has 0 bridgehead atoms. The van der Waals surface area contributed by atoms with Crippen LogP contribution in [0.15, 0.2) is 0 Å². The maximum Gasteiger partial charge on any atom is 0.220 e. The van der Waals surface area contributed by atoms with Crippen molar-refractivity contribution in [3.63, 3.8) is 0 Å². The van der Waals surface area contributed by atoms with E-state index in [1.807, 2.05) is 0 Å². The molecule has 1 saturated heterocycles. The lowest BCUT2D eigenvalue weighted by atomic mass is 10.2. The first-order chi connectivity index (χ1) is 8.83. The van der Waals surface area contributed by atoms with E-state index < -0.39 is 0 Å². The van der Waals surface area contributed by atoms with E-state index in [4.69, 9.17) is 5.73 Å². The molecular weight excluding hydrogens is 226 g/mol. The van der Waals surface area contributed by atoms with Crippen molar-refractivity contribution in [2.45, 2.75) is 51.4 Å². The van der Waals surface area contributed by atoms with E-state index in [2.05, 4.69) is 10.2 Å². The number of unbranched alkanes of at least 4 members (excludes halogenated alkanes) is 2. The van der Waals surface area contributed by atoms with Gasteiger partial charge in [-0.3, -0.25) is 4.79 Å². The first-order valence-corrected chi connectivity index (χ1v) is 7.52. The lowest BCUT2D eigenvalue weighted by Gasteiger charge is -2.19. The monoisotopic (exact) mass is 255 g/mol. The van der Waals surface area contributed by atoms with Gasteiger partial charge >= 0.3 is 0 Å². The molecule has 18 heavy (non-hydrogen) atoms. The highest BCUT2D eigenvalue weighted by Gasteiger charge is 2.08. The second kappa shape index (κ2) is 10.3. The summed E-state index contributed by atoms with van der Waals surface area (Å²) in [6.07, 6.45) is 9.07. The molecule has 4 heteroatoms. The highest BCUT2D eigenvalue weighted by molar-refractivity contribution is 5.75. The molecule has 0 radical (unpaired) electrons.